The van der Waals surface area contributed by atoms with Crippen molar-refractivity contribution in [2.75, 3.05) is 6.54 Å². The molecule has 3 aromatic carbocycles. The van der Waals surface area contributed by atoms with Crippen LogP contribution in [0.2, 0.25) is 5.02 Å². The van der Waals surface area contributed by atoms with E-state index in [1.807, 2.05) is 60.7 Å². The number of rotatable bonds is 10. The number of benzene rings is 3. The maximum Gasteiger partial charge on any atom is 0.328 e. The Morgan fingerprint density at radius 3 is 2.25 bits per heavy atom. The third-order valence-electron chi connectivity index (χ3n) is 4.71. The van der Waals surface area contributed by atoms with E-state index in [1.165, 1.54) is 6.08 Å². The topological polar surface area (TPSA) is 75.6 Å². The molecule has 0 atom stereocenters. The number of hydrogen-bond acceptors (Lipinski definition) is 3. The minimum absolute atomic E-state index is 0.126. The first kappa shape index (κ1) is 23.1. The van der Waals surface area contributed by atoms with Gasteiger partial charge in [0.1, 0.15) is 12.4 Å². The maximum absolute atomic E-state index is 12.4. The van der Waals surface area contributed by atoms with Gasteiger partial charge in [0, 0.05) is 18.2 Å². The number of hydrogen-bond donors (Lipinski definition) is 2. The summed E-state index contributed by atoms with van der Waals surface area (Å²) >= 11 is 6.45. The Kier molecular flexibility index (Phi) is 8.46. The number of amides is 1. The van der Waals surface area contributed by atoms with Gasteiger partial charge in [-0.1, -0.05) is 72.3 Å². The number of carboxylic acids is 1. The summed E-state index contributed by atoms with van der Waals surface area (Å²) in [6.07, 6.45) is 3.31. The summed E-state index contributed by atoms with van der Waals surface area (Å²) in [5.74, 6) is -0.844. The molecule has 0 heterocycles. The van der Waals surface area contributed by atoms with E-state index in [1.54, 1.807) is 12.1 Å². The number of carbonyl (C=O) groups excluding carboxylic acids is 1. The number of carboxylic acid groups (broad SMARTS) is 1. The van der Waals surface area contributed by atoms with E-state index in [0.717, 1.165) is 23.6 Å². The Hall–Kier alpha value is -3.57. The normalized spacial score (nSPS) is 10.8. The molecule has 3 rings (SSSR count). The van der Waals surface area contributed by atoms with Crippen LogP contribution in [0, 0.1) is 0 Å². The van der Waals surface area contributed by atoms with E-state index >= 15 is 0 Å². The van der Waals surface area contributed by atoms with Gasteiger partial charge in [0.05, 0.1) is 11.4 Å². The molecule has 2 N–H and O–H groups in total. The second kappa shape index (κ2) is 11.7. The van der Waals surface area contributed by atoms with Crippen LogP contribution < -0.4 is 10.1 Å². The van der Waals surface area contributed by atoms with Crippen molar-refractivity contribution < 1.29 is 19.4 Å². The van der Waals surface area contributed by atoms with Crippen LogP contribution in [0.3, 0.4) is 0 Å². The van der Waals surface area contributed by atoms with Crippen LogP contribution in [0.15, 0.2) is 78.9 Å². The Morgan fingerprint density at radius 1 is 0.938 bits per heavy atom. The van der Waals surface area contributed by atoms with Crippen molar-refractivity contribution in [1.29, 1.82) is 0 Å². The molecule has 3 aromatic rings. The first-order valence-corrected chi connectivity index (χ1v) is 10.6. The molecule has 0 bridgehead atoms. The maximum atomic E-state index is 12.4. The summed E-state index contributed by atoms with van der Waals surface area (Å²) < 4.78 is 5.88. The Balaban J connectivity index is 1.69. The number of aliphatic carboxylic acids is 1. The van der Waals surface area contributed by atoms with Crippen molar-refractivity contribution in [1.82, 2.24) is 5.32 Å². The minimum Gasteiger partial charge on any atom is -0.487 e. The summed E-state index contributed by atoms with van der Waals surface area (Å²) in [7, 11) is 0. The van der Waals surface area contributed by atoms with Crippen molar-refractivity contribution >= 4 is 29.6 Å². The molecule has 0 aliphatic carbocycles. The van der Waals surface area contributed by atoms with E-state index < -0.39 is 5.97 Å². The van der Waals surface area contributed by atoms with E-state index in [2.05, 4.69) is 5.32 Å². The van der Waals surface area contributed by atoms with Crippen LogP contribution in [0.4, 0.5) is 0 Å². The van der Waals surface area contributed by atoms with Gasteiger partial charge in [-0.2, -0.15) is 0 Å². The standard InChI is InChI=1S/C26H24ClNO4/c27-23-16-21(17-24(29)28-14-13-19-7-3-1-4-8-19)15-22(11-12-25(30)31)26(23)32-18-20-9-5-2-6-10-20/h1-12,15-16H,13-14,17-18H2,(H,28,29)(H,30,31). The lowest BCUT2D eigenvalue weighted by Crippen LogP contribution is -2.27. The van der Waals surface area contributed by atoms with Gasteiger partial charge in [-0.3, -0.25) is 4.79 Å². The van der Waals surface area contributed by atoms with Gasteiger partial charge in [0.15, 0.2) is 0 Å². The number of ether oxygens (including phenoxy) is 1. The van der Waals surface area contributed by atoms with Crippen LogP contribution in [0.25, 0.3) is 6.08 Å². The minimum atomic E-state index is -1.08. The van der Waals surface area contributed by atoms with Crippen LogP contribution >= 0.6 is 11.6 Å². The molecular formula is C26H24ClNO4. The van der Waals surface area contributed by atoms with Gasteiger partial charge in [-0.15, -0.1) is 0 Å². The smallest absolute Gasteiger partial charge is 0.328 e. The van der Waals surface area contributed by atoms with Crippen molar-refractivity contribution in [3.63, 3.8) is 0 Å². The summed E-state index contributed by atoms with van der Waals surface area (Å²) in [4.78, 5) is 23.4. The quantitative estimate of drug-likeness (QED) is 0.431. The molecule has 32 heavy (non-hydrogen) atoms. The molecular weight excluding hydrogens is 426 g/mol. The summed E-state index contributed by atoms with van der Waals surface area (Å²) in [6.45, 7) is 0.814. The number of halogens is 1. The predicted octanol–water partition coefficient (Wildman–Crippen LogP) is 4.92. The van der Waals surface area contributed by atoms with Crippen molar-refractivity contribution in [2.24, 2.45) is 0 Å². The highest BCUT2D eigenvalue weighted by molar-refractivity contribution is 6.32. The van der Waals surface area contributed by atoms with Crippen molar-refractivity contribution in [2.45, 2.75) is 19.4 Å². The van der Waals surface area contributed by atoms with Gasteiger partial charge in [0.2, 0.25) is 5.91 Å². The van der Waals surface area contributed by atoms with Gasteiger partial charge in [0.25, 0.3) is 0 Å². The van der Waals surface area contributed by atoms with Gasteiger partial charge in [-0.25, -0.2) is 4.79 Å². The van der Waals surface area contributed by atoms with Crippen molar-refractivity contribution in [3.8, 4) is 5.75 Å². The van der Waals surface area contributed by atoms with Gasteiger partial charge < -0.3 is 15.2 Å². The lowest BCUT2D eigenvalue weighted by molar-refractivity contribution is -0.131. The summed E-state index contributed by atoms with van der Waals surface area (Å²) in [5, 5.41) is 12.2. The largest absolute Gasteiger partial charge is 0.487 e. The summed E-state index contributed by atoms with van der Waals surface area (Å²) in [6, 6.07) is 22.9. The molecule has 0 aliphatic rings. The molecule has 0 aliphatic heterocycles. The molecule has 0 radical (unpaired) electrons. The van der Waals surface area contributed by atoms with Crippen LogP contribution in [-0.2, 0) is 29.0 Å². The molecule has 0 saturated carbocycles. The Labute approximate surface area is 192 Å². The zero-order valence-corrected chi connectivity index (χ0v) is 18.2. The molecule has 164 valence electrons. The fraction of sp³-hybridized carbons (Fsp3) is 0.154. The van der Waals surface area contributed by atoms with Gasteiger partial charge >= 0.3 is 5.97 Å². The zero-order valence-electron chi connectivity index (χ0n) is 17.5. The molecule has 6 heteroatoms. The third-order valence-corrected chi connectivity index (χ3v) is 4.99. The molecule has 0 aromatic heterocycles. The molecule has 0 unspecified atom stereocenters. The fourth-order valence-electron chi connectivity index (χ4n) is 3.18. The second-order valence-electron chi connectivity index (χ2n) is 7.20. The molecule has 0 spiro atoms. The molecule has 0 saturated heterocycles. The zero-order chi connectivity index (χ0) is 22.8. The first-order chi connectivity index (χ1) is 15.5. The number of carbonyl (C=O) groups is 2. The second-order valence-corrected chi connectivity index (χ2v) is 7.61. The van der Waals surface area contributed by atoms with Crippen LogP contribution in [0.1, 0.15) is 22.3 Å². The molecule has 5 nitrogen and oxygen atoms in total. The predicted molar refractivity (Wildman–Crippen MR) is 126 cm³/mol. The Bertz CT molecular complexity index is 1080. The summed E-state index contributed by atoms with van der Waals surface area (Å²) in [5.41, 5.74) is 3.28. The van der Waals surface area contributed by atoms with E-state index in [0.29, 0.717) is 28.4 Å². The highest BCUT2D eigenvalue weighted by Crippen LogP contribution is 2.32. The lowest BCUT2D eigenvalue weighted by atomic mass is 10.1. The SMILES string of the molecule is O=C(O)C=Cc1cc(CC(=O)NCCc2ccccc2)cc(Cl)c1OCc1ccccc1. The van der Waals surface area contributed by atoms with E-state index in [-0.39, 0.29) is 18.9 Å². The van der Waals surface area contributed by atoms with Crippen molar-refractivity contribution in [3.05, 3.63) is 106 Å². The molecule has 0 fully saturated rings. The number of nitrogens with one attached hydrogen (secondary N) is 1. The monoisotopic (exact) mass is 449 g/mol. The van der Waals surface area contributed by atoms with Crippen LogP contribution in [-0.4, -0.2) is 23.5 Å². The lowest BCUT2D eigenvalue weighted by Gasteiger charge is -2.14. The van der Waals surface area contributed by atoms with E-state index in [9.17, 15) is 9.59 Å². The van der Waals surface area contributed by atoms with E-state index in [4.69, 9.17) is 21.4 Å². The molecule has 1 amide bonds. The highest BCUT2D eigenvalue weighted by atomic mass is 35.5. The fourth-order valence-corrected chi connectivity index (χ4v) is 3.48. The average Bonchev–Trinajstić information content (AvgIpc) is 2.78. The Morgan fingerprint density at radius 2 is 1.59 bits per heavy atom. The third kappa shape index (κ3) is 7.29. The highest BCUT2D eigenvalue weighted by Gasteiger charge is 2.13. The average molecular weight is 450 g/mol. The van der Waals surface area contributed by atoms with Crippen LogP contribution in [0.5, 0.6) is 5.75 Å². The van der Waals surface area contributed by atoms with Gasteiger partial charge in [-0.05, 0) is 41.3 Å². The first-order valence-electron chi connectivity index (χ1n) is 10.2.